The first-order valence-electron chi connectivity index (χ1n) is 12.8. The normalized spacial score (nSPS) is 14.0. The first-order valence-corrected chi connectivity index (χ1v) is 12.8. The number of nitrogens with one attached hydrogen (secondary N) is 2. The third kappa shape index (κ3) is 4.57. The SMILES string of the molecule is Fc1cc(OCCN2CCCC2)cc(-c2nccc3[nH]c(-c4n[nH]c5ccc(-c6cnccn6)nc45)nc23)c1. The van der Waals surface area contributed by atoms with E-state index in [4.69, 9.17) is 14.7 Å². The summed E-state index contributed by atoms with van der Waals surface area (Å²) in [7, 11) is 0. The van der Waals surface area contributed by atoms with Crippen molar-refractivity contribution in [1.29, 1.82) is 0 Å². The Morgan fingerprint density at radius 1 is 0.872 bits per heavy atom. The molecule has 1 aliphatic heterocycles. The van der Waals surface area contributed by atoms with Crippen LogP contribution in [0.1, 0.15) is 12.8 Å². The minimum Gasteiger partial charge on any atom is -0.492 e. The number of aromatic nitrogens is 8. The van der Waals surface area contributed by atoms with E-state index in [1.807, 2.05) is 24.3 Å². The van der Waals surface area contributed by atoms with Gasteiger partial charge in [0, 0.05) is 36.8 Å². The predicted octanol–water partition coefficient (Wildman–Crippen LogP) is 4.63. The van der Waals surface area contributed by atoms with Crippen LogP contribution in [0.4, 0.5) is 4.39 Å². The Hall–Kier alpha value is -4.77. The first-order chi connectivity index (χ1) is 19.2. The van der Waals surface area contributed by atoms with E-state index >= 15 is 0 Å². The Balaban J connectivity index is 1.23. The fraction of sp³-hybridized carbons (Fsp3) is 0.214. The average Bonchev–Trinajstić information content (AvgIpc) is 3.72. The maximum atomic E-state index is 14.6. The Kier molecular flexibility index (Phi) is 5.89. The van der Waals surface area contributed by atoms with Crippen LogP contribution in [0, 0.1) is 5.82 Å². The average molecular weight is 522 g/mol. The Labute approximate surface area is 222 Å². The quantitative estimate of drug-likeness (QED) is 0.312. The maximum absolute atomic E-state index is 14.6. The Bertz CT molecular complexity index is 1780. The molecule has 10 nitrogen and oxygen atoms in total. The summed E-state index contributed by atoms with van der Waals surface area (Å²) in [6.07, 6.45) is 9.02. The van der Waals surface area contributed by atoms with Gasteiger partial charge in [-0.1, -0.05) is 0 Å². The van der Waals surface area contributed by atoms with Crippen molar-refractivity contribution in [2.45, 2.75) is 12.8 Å². The highest BCUT2D eigenvalue weighted by atomic mass is 19.1. The van der Waals surface area contributed by atoms with Crippen molar-refractivity contribution in [3.63, 3.8) is 0 Å². The summed E-state index contributed by atoms with van der Waals surface area (Å²) in [5, 5.41) is 7.49. The van der Waals surface area contributed by atoms with Gasteiger partial charge in [-0.2, -0.15) is 5.10 Å². The number of pyridine rings is 2. The van der Waals surface area contributed by atoms with Crippen LogP contribution >= 0.6 is 0 Å². The number of H-pyrrole nitrogens is 2. The van der Waals surface area contributed by atoms with Gasteiger partial charge in [0.1, 0.15) is 34.9 Å². The number of fused-ring (bicyclic) bond motifs is 2. The highest BCUT2D eigenvalue weighted by Gasteiger charge is 2.18. The van der Waals surface area contributed by atoms with Gasteiger partial charge in [0.2, 0.25) is 0 Å². The number of benzene rings is 1. The number of likely N-dealkylation sites (tertiary alicyclic amines) is 1. The zero-order valence-corrected chi connectivity index (χ0v) is 20.9. The van der Waals surface area contributed by atoms with Crippen LogP contribution in [0.3, 0.4) is 0 Å². The van der Waals surface area contributed by atoms with E-state index in [2.05, 4.69) is 35.0 Å². The summed E-state index contributed by atoms with van der Waals surface area (Å²) in [6.45, 7) is 3.51. The van der Waals surface area contributed by atoms with Crippen molar-refractivity contribution >= 4 is 22.1 Å². The highest BCUT2D eigenvalue weighted by Crippen LogP contribution is 2.32. The van der Waals surface area contributed by atoms with Gasteiger partial charge >= 0.3 is 0 Å². The number of halogens is 1. The number of hydrogen-bond acceptors (Lipinski definition) is 8. The minimum absolute atomic E-state index is 0.391. The second-order valence-electron chi connectivity index (χ2n) is 9.47. The van der Waals surface area contributed by atoms with Gasteiger partial charge in [0.25, 0.3) is 0 Å². The van der Waals surface area contributed by atoms with Crippen LogP contribution in [0.2, 0.25) is 0 Å². The van der Waals surface area contributed by atoms with Crippen molar-refractivity contribution in [2.75, 3.05) is 26.2 Å². The van der Waals surface area contributed by atoms with E-state index in [-0.39, 0.29) is 0 Å². The molecule has 0 atom stereocenters. The van der Waals surface area contributed by atoms with Crippen LogP contribution in [0.25, 0.3) is 56.2 Å². The molecule has 0 saturated carbocycles. The van der Waals surface area contributed by atoms with E-state index < -0.39 is 5.82 Å². The van der Waals surface area contributed by atoms with Gasteiger partial charge in [0.15, 0.2) is 11.5 Å². The van der Waals surface area contributed by atoms with Crippen molar-refractivity contribution in [1.82, 2.24) is 45.0 Å². The summed E-state index contributed by atoms with van der Waals surface area (Å²) in [5.41, 5.74) is 5.78. The molecule has 1 fully saturated rings. The van der Waals surface area contributed by atoms with Gasteiger partial charge in [-0.3, -0.25) is 25.0 Å². The molecule has 6 aromatic rings. The van der Waals surface area contributed by atoms with E-state index in [1.54, 1.807) is 24.8 Å². The minimum atomic E-state index is -0.391. The van der Waals surface area contributed by atoms with Crippen LogP contribution in [0.5, 0.6) is 5.75 Å². The third-order valence-corrected chi connectivity index (χ3v) is 6.88. The van der Waals surface area contributed by atoms with E-state index in [0.717, 1.165) is 30.7 Å². The molecule has 39 heavy (non-hydrogen) atoms. The van der Waals surface area contributed by atoms with Gasteiger partial charge < -0.3 is 9.72 Å². The molecule has 1 saturated heterocycles. The molecule has 0 spiro atoms. The molecular formula is C28H24FN9O. The number of hydrogen-bond donors (Lipinski definition) is 2. The lowest BCUT2D eigenvalue weighted by Gasteiger charge is -2.15. The molecule has 0 radical (unpaired) electrons. The topological polar surface area (TPSA) is 121 Å². The van der Waals surface area contributed by atoms with Crippen LogP contribution < -0.4 is 4.74 Å². The predicted molar refractivity (Wildman–Crippen MR) is 144 cm³/mol. The highest BCUT2D eigenvalue weighted by molar-refractivity contribution is 5.95. The van der Waals surface area contributed by atoms with Crippen molar-refractivity contribution in [3.8, 4) is 39.9 Å². The smallest absolute Gasteiger partial charge is 0.161 e. The molecule has 1 aliphatic rings. The number of aromatic amines is 2. The van der Waals surface area contributed by atoms with Crippen molar-refractivity contribution < 1.29 is 9.13 Å². The molecule has 5 aromatic heterocycles. The molecular weight excluding hydrogens is 497 g/mol. The zero-order chi connectivity index (χ0) is 26.2. The molecule has 0 amide bonds. The molecule has 11 heteroatoms. The monoisotopic (exact) mass is 521 g/mol. The number of rotatable bonds is 7. The molecule has 2 N–H and O–H groups in total. The van der Waals surface area contributed by atoms with Gasteiger partial charge in [-0.25, -0.2) is 14.4 Å². The van der Waals surface area contributed by atoms with Gasteiger partial charge in [-0.15, -0.1) is 0 Å². The van der Waals surface area contributed by atoms with Gasteiger partial charge in [-0.05, 0) is 56.3 Å². The zero-order valence-electron chi connectivity index (χ0n) is 20.9. The first kappa shape index (κ1) is 23.4. The second kappa shape index (κ2) is 9.84. The lowest BCUT2D eigenvalue weighted by Crippen LogP contribution is -2.25. The number of ether oxygens (including phenoxy) is 1. The molecule has 6 heterocycles. The molecule has 0 unspecified atom stereocenters. The molecule has 0 aliphatic carbocycles. The second-order valence-corrected chi connectivity index (χ2v) is 9.47. The van der Waals surface area contributed by atoms with Crippen molar-refractivity contribution in [2.24, 2.45) is 0 Å². The fourth-order valence-electron chi connectivity index (χ4n) is 4.98. The van der Waals surface area contributed by atoms with Crippen LogP contribution in [-0.4, -0.2) is 71.2 Å². The van der Waals surface area contributed by atoms with Gasteiger partial charge in [0.05, 0.1) is 28.6 Å². The summed E-state index contributed by atoms with van der Waals surface area (Å²) in [5.74, 6) is 0.600. The maximum Gasteiger partial charge on any atom is 0.161 e. The van der Waals surface area contributed by atoms with E-state index in [0.29, 0.717) is 57.6 Å². The summed E-state index contributed by atoms with van der Waals surface area (Å²) >= 11 is 0. The number of imidazole rings is 1. The molecule has 1 aromatic carbocycles. The molecule has 0 bridgehead atoms. The Morgan fingerprint density at radius 3 is 2.64 bits per heavy atom. The summed E-state index contributed by atoms with van der Waals surface area (Å²) in [4.78, 5) is 28.3. The Morgan fingerprint density at radius 2 is 1.77 bits per heavy atom. The molecule has 194 valence electrons. The summed E-state index contributed by atoms with van der Waals surface area (Å²) in [6, 6.07) is 10.2. The summed E-state index contributed by atoms with van der Waals surface area (Å²) < 4.78 is 20.6. The van der Waals surface area contributed by atoms with Crippen LogP contribution in [0.15, 0.2) is 61.2 Å². The largest absolute Gasteiger partial charge is 0.492 e. The van der Waals surface area contributed by atoms with Crippen LogP contribution in [-0.2, 0) is 0 Å². The third-order valence-electron chi connectivity index (χ3n) is 6.88. The van der Waals surface area contributed by atoms with E-state index in [9.17, 15) is 4.39 Å². The lowest BCUT2D eigenvalue weighted by molar-refractivity contribution is 0.237. The standard InChI is InChI=1S/C28H24FN9O/c29-18-13-17(14-19(15-18)39-12-11-38-9-1-2-10-38)24-25-21(5-6-32-24)34-28(35-25)27-26-22(36-37-27)4-3-20(33-26)23-16-30-7-8-31-23/h3-8,13-16H,1-2,9-12H2,(H,34,35)(H,36,37). The lowest BCUT2D eigenvalue weighted by atomic mass is 10.1. The van der Waals surface area contributed by atoms with Crippen molar-refractivity contribution in [3.05, 3.63) is 67.0 Å². The van der Waals surface area contributed by atoms with E-state index in [1.165, 1.54) is 25.0 Å². The number of nitrogens with zero attached hydrogens (tertiary/aromatic N) is 7. The fourth-order valence-corrected chi connectivity index (χ4v) is 4.98. The molecule has 7 rings (SSSR count).